The van der Waals surface area contributed by atoms with Gasteiger partial charge in [0.25, 0.3) is 0 Å². The number of para-hydroxylation sites is 1. The van der Waals surface area contributed by atoms with E-state index in [1.165, 1.54) is 0 Å². The third-order valence-corrected chi connectivity index (χ3v) is 3.24. The first-order valence-corrected chi connectivity index (χ1v) is 7.31. The van der Waals surface area contributed by atoms with Crippen LogP contribution < -0.4 is 10.1 Å². The van der Waals surface area contributed by atoms with E-state index < -0.39 is 0 Å². The number of amides is 1. The number of hydrogen-bond donors (Lipinski definition) is 1. The van der Waals surface area contributed by atoms with E-state index in [0.29, 0.717) is 19.6 Å². The molecule has 0 aliphatic heterocycles. The number of halogens is 1. The Morgan fingerprint density at radius 2 is 1.76 bits per heavy atom. The summed E-state index contributed by atoms with van der Waals surface area (Å²) in [6.07, 6.45) is 1.15. The number of hydrogen-bond acceptors (Lipinski definition) is 2. The zero-order valence-corrected chi connectivity index (χ0v) is 12.5. The third-order valence-electron chi connectivity index (χ3n) is 2.99. The highest BCUT2D eigenvalue weighted by molar-refractivity contribution is 6.30. The molecule has 4 heteroatoms. The molecule has 1 N–H and O–H groups in total. The molecule has 3 nitrogen and oxygen atoms in total. The Morgan fingerprint density at radius 3 is 2.48 bits per heavy atom. The summed E-state index contributed by atoms with van der Waals surface area (Å²) in [4.78, 5) is 11.7. The number of rotatable bonds is 7. The topological polar surface area (TPSA) is 38.3 Å². The van der Waals surface area contributed by atoms with Gasteiger partial charge in [0, 0.05) is 11.6 Å². The van der Waals surface area contributed by atoms with Crippen LogP contribution in [0.3, 0.4) is 0 Å². The van der Waals surface area contributed by atoms with E-state index in [-0.39, 0.29) is 5.91 Å². The number of carbonyl (C=O) groups excluding carboxylic acids is 1. The van der Waals surface area contributed by atoms with Crippen molar-refractivity contribution in [2.45, 2.75) is 12.8 Å². The Hall–Kier alpha value is -2.00. The van der Waals surface area contributed by atoms with Crippen molar-refractivity contribution in [3.8, 4) is 5.75 Å². The van der Waals surface area contributed by atoms with Crippen LogP contribution in [0.1, 0.15) is 12.0 Å². The van der Waals surface area contributed by atoms with E-state index in [2.05, 4.69) is 5.32 Å². The van der Waals surface area contributed by atoms with Crippen molar-refractivity contribution >= 4 is 17.5 Å². The molecule has 110 valence electrons. The Labute approximate surface area is 129 Å². The molecule has 0 fully saturated rings. The highest BCUT2D eigenvalue weighted by atomic mass is 35.5. The molecule has 1 amide bonds. The Balaban J connectivity index is 1.60. The molecule has 0 atom stereocenters. The Kier molecular flexibility index (Phi) is 6.10. The monoisotopic (exact) mass is 303 g/mol. The van der Waals surface area contributed by atoms with Gasteiger partial charge in [0.1, 0.15) is 5.75 Å². The normalized spacial score (nSPS) is 10.1. The first kappa shape index (κ1) is 15.4. The summed E-state index contributed by atoms with van der Waals surface area (Å²) in [5.74, 6) is 0.784. The average molecular weight is 304 g/mol. The van der Waals surface area contributed by atoms with Crippen LogP contribution in [0.4, 0.5) is 0 Å². The molecule has 0 saturated heterocycles. The molecule has 0 aliphatic carbocycles. The lowest BCUT2D eigenvalue weighted by molar-refractivity contribution is -0.121. The molecule has 0 saturated carbocycles. The zero-order chi connectivity index (χ0) is 14.9. The zero-order valence-electron chi connectivity index (χ0n) is 11.7. The maximum atomic E-state index is 11.7. The standard InChI is InChI=1S/C17H18ClNO2/c18-15-8-6-14(7-9-15)10-12-19-17(20)11-13-21-16-4-2-1-3-5-16/h1-9H,10-13H2,(H,19,20). The van der Waals surface area contributed by atoms with E-state index in [9.17, 15) is 4.79 Å². The number of carbonyl (C=O) groups is 1. The number of nitrogens with one attached hydrogen (secondary N) is 1. The second-order valence-electron chi connectivity index (χ2n) is 4.64. The van der Waals surface area contributed by atoms with Gasteiger partial charge in [0.2, 0.25) is 5.91 Å². The SMILES string of the molecule is O=C(CCOc1ccccc1)NCCc1ccc(Cl)cc1. The first-order chi connectivity index (χ1) is 10.2. The minimum atomic E-state index is -0.0000975. The van der Waals surface area contributed by atoms with E-state index in [4.69, 9.17) is 16.3 Å². The van der Waals surface area contributed by atoms with Gasteiger partial charge >= 0.3 is 0 Å². The molecule has 2 aromatic carbocycles. The van der Waals surface area contributed by atoms with Crippen LogP contribution >= 0.6 is 11.6 Å². The van der Waals surface area contributed by atoms with Crippen LogP contribution in [0.5, 0.6) is 5.75 Å². The van der Waals surface area contributed by atoms with Gasteiger partial charge in [-0.05, 0) is 36.2 Å². The van der Waals surface area contributed by atoms with E-state index in [0.717, 1.165) is 22.8 Å². The highest BCUT2D eigenvalue weighted by Crippen LogP contribution is 2.10. The maximum absolute atomic E-state index is 11.7. The molecule has 0 heterocycles. The second-order valence-corrected chi connectivity index (χ2v) is 5.07. The lowest BCUT2D eigenvalue weighted by atomic mass is 10.1. The predicted octanol–water partition coefficient (Wildman–Crippen LogP) is 3.47. The number of benzene rings is 2. The fourth-order valence-electron chi connectivity index (χ4n) is 1.86. The fourth-order valence-corrected chi connectivity index (χ4v) is 1.99. The third kappa shape index (κ3) is 5.88. The van der Waals surface area contributed by atoms with Crippen LogP contribution in [0.25, 0.3) is 0 Å². The van der Waals surface area contributed by atoms with Gasteiger partial charge in [0.05, 0.1) is 13.0 Å². The summed E-state index contributed by atoms with van der Waals surface area (Å²) >= 11 is 5.82. The lowest BCUT2D eigenvalue weighted by Crippen LogP contribution is -2.27. The minimum absolute atomic E-state index is 0.0000975. The second kappa shape index (κ2) is 8.32. The molecule has 0 spiro atoms. The maximum Gasteiger partial charge on any atom is 0.223 e. The van der Waals surface area contributed by atoms with Crippen LogP contribution in [-0.2, 0) is 11.2 Å². The van der Waals surface area contributed by atoms with Gasteiger partial charge in [-0.25, -0.2) is 0 Å². The fraction of sp³-hybridized carbons (Fsp3) is 0.235. The Morgan fingerprint density at radius 1 is 1.05 bits per heavy atom. The van der Waals surface area contributed by atoms with Crippen LogP contribution in [-0.4, -0.2) is 19.1 Å². The molecular formula is C17H18ClNO2. The summed E-state index contributed by atoms with van der Waals surface area (Å²) in [6.45, 7) is 1.00. The molecule has 0 unspecified atom stereocenters. The Bertz CT molecular complexity index is 555. The quantitative estimate of drug-likeness (QED) is 0.850. The van der Waals surface area contributed by atoms with Gasteiger partial charge in [-0.15, -0.1) is 0 Å². The molecule has 2 rings (SSSR count). The molecule has 21 heavy (non-hydrogen) atoms. The van der Waals surface area contributed by atoms with Crippen molar-refractivity contribution in [1.82, 2.24) is 5.32 Å². The van der Waals surface area contributed by atoms with Crippen LogP contribution in [0.15, 0.2) is 54.6 Å². The minimum Gasteiger partial charge on any atom is -0.493 e. The van der Waals surface area contributed by atoms with E-state index in [1.807, 2.05) is 54.6 Å². The largest absolute Gasteiger partial charge is 0.493 e. The van der Waals surface area contributed by atoms with Crippen molar-refractivity contribution in [2.24, 2.45) is 0 Å². The first-order valence-electron chi connectivity index (χ1n) is 6.93. The molecule has 0 radical (unpaired) electrons. The van der Waals surface area contributed by atoms with Crippen molar-refractivity contribution in [3.63, 3.8) is 0 Å². The molecule has 0 bridgehead atoms. The predicted molar refractivity (Wildman–Crippen MR) is 84.7 cm³/mol. The van der Waals surface area contributed by atoms with Crippen molar-refractivity contribution in [2.75, 3.05) is 13.2 Å². The van der Waals surface area contributed by atoms with E-state index >= 15 is 0 Å². The summed E-state index contributed by atoms with van der Waals surface area (Å²) in [7, 11) is 0. The summed E-state index contributed by atoms with van der Waals surface area (Å²) in [6, 6.07) is 17.1. The van der Waals surface area contributed by atoms with E-state index in [1.54, 1.807) is 0 Å². The molecular weight excluding hydrogens is 286 g/mol. The van der Waals surface area contributed by atoms with Crippen LogP contribution in [0, 0.1) is 0 Å². The summed E-state index contributed by atoms with van der Waals surface area (Å²) in [5, 5.41) is 3.60. The van der Waals surface area contributed by atoms with Gasteiger partial charge < -0.3 is 10.1 Å². The van der Waals surface area contributed by atoms with Crippen molar-refractivity contribution in [3.05, 3.63) is 65.2 Å². The molecule has 0 aromatic heterocycles. The summed E-state index contributed by atoms with van der Waals surface area (Å²) in [5.41, 5.74) is 1.15. The van der Waals surface area contributed by atoms with Gasteiger partial charge in [0.15, 0.2) is 0 Å². The highest BCUT2D eigenvalue weighted by Gasteiger charge is 2.02. The smallest absolute Gasteiger partial charge is 0.223 e. The van der Waals surface area contributed by atoms with Gasteiger partial charge in [-0.1, -0.05) is 41.9 Å². The van der Waals surface area contributed by atoms with Gasteiger partial charge in [-0.3, -0.25) is 4.79 Å². The molecule has 0 aliphatic rings. The summed E-state index contributed by atoms with van der Waals surface area (Å²) < 4.78 is 5.48. The van der Waals surface area contributed by atoms with Crippen molar-refractivity contribution in [1.29, 1.82) is 0 Å². The van der Waals surface area contributed by atoms with Gasteiger partial charge in [-0.2, -0.15) is 0 Å². The molecule has 2 aromatic rings. The average Bonchev–Trinajstić information content (AvgIpc) is 2.50. The van der Waals surface area contributed by atoms with Crippen molar-refractivity contribution < 1.29 is 9.53 Å². The van der Waals surface area contributed by atoms with Crippen LogP contribution in [0.2, 0.25) is 5.02 Å². The number of ether oxygens (including phenoxy) is 1. The lowest BCUT2D eigenvalue weighted by Gasteiger charge is -2.07.